The lowest BCUT2D eigenvalue weighted by Gasteiger charge is -2.27. The maximum atomic E-state index is 12.7. The number of hydrogen-bond acceptors (Lipinski definition) is 9. The lowest BCUT2D eigenvalue weighted by Crippen LogP contribution is -2.37. The van der Waals surface area contributed by atoms with E-state index in [1.807, 2.05) is 51.1 Å². The first-order valence-electron chi connectivity index (χ1n) is 12.4. The van der Waals surface area contributed by atoms with Crippen LogP contribution in [0, 0.1) is 0 Å². The van der Waals surface area contributed by atoms with Gasteiger partial charge in [0.1, 0.15) is 29.7 Å². The number of carbonyl (C=O) groups excluding carboxylic acids is 2. The molecule has 1 aliphatic heterocycles. The molecule has 1 fully saturated rings. The van der Waals surface area contributed by atoms with Crippen molar-refractivity contribution in [3.63, 3.8) is 0 Å². The van der Waals surface area contributed by atoms with Crippen LogP contribution in [0.2, 0.25) is 0 Å². The van der Waals surface area contributed by atoms with Gasteiger partial charge in [-0.2, -0.15) is 4.98 Å². The second-order valence-corrected chi connectivity index (χ2v) is 11.0. The molecule has 1 aliphatic rings. The first-order valence-corrected chi connectivity index (χ1v) is 13.4. The highest BCUT2D eigenvalue weighted by Crippen LogP contribution is 2.31. The molecule has 0 aliphatic carbocycles. The Morgan fingerprint density at radius 3 is 2.65 bits per heavy atom. The summed E-state index contributed by atoms with van der Waals surface area (Å²) in [6.45, 7) is 6.66. The molecule has 10 nitrogen and oxygen atoms in total. The number of nitrogens with zero attached hydrogens (tertiary/aromatic N) is 3. The standard InChI is InChI=1S/C26H36N4O6S/c1-26(2,3)36-25(33)29(16-19-10-6-4-7-11-19)14-9-5-8-12-22(31)34-17-23-35-21(18-37-23)30-15-13-20(27)28-24(30)32/h4,6-7,10-11,13,15,21,23H,5,8-9,12,14,16-18H2,1-3H3,(H2,27,28,32)/t21-,23+/m0/s1. The Bertz CT molecular complexity index is 1090. The van der Waals surface area contributed by atoms with Gasteiger partial charge in [0, 0.05) is 31.5 Å². The molecule has 11 heteroatoms. The van der Waals surface area contributed by atoms with E-state index >= 15 is 0 Å². The number of nitrogens with two attached hydrogens (primary N) is 1. The number of carbonyl (C=O) groups is 2. The highest BCUT2D eigenvalue weighted by Gasteiger charge is 2.29. The first-order chi connectivity index (χ1) is 17.6. The van der Waals surface area contributed by atoms with E-state index in [1.54, 1.807) is 11.1 Å². The van der Waals surface area contributed by atoms with Crippen LogP contribution >= 0.6 is 11.8 Å². The summed E-state index contributed by atoms with van der Waals surface area (Å²) < 4.78 is 18.1. The molecule has 0 radical (unpaired) electrons. The van der Waals surface area contributed by atoms with Crippen LogP contribution in [0.3, 0.4) is 0 Å². The maximum absolute atomic E-state index is 12.7. The number of benzene rings is 1. The summed E-state index contributed by atoms with van der Waals surface area (Å²) in [6.07, 6.45) is 3.18. The maximum Gasteiger partial charge on any atom is 0.410 e. The second-order valence-electron chi connectivity index (χ2n) is 9.78. The summed E-state index contributed by atoms with van der Waals surface area (Å²) in [7, 11) is 0. The van der Waals surface area contributed by atoms with Gasteiger partial charge in [-0.05, 0) is 45.2 Å². The summed E-state index contributed by atoms with van der Waals surface area (Å²) in [5, 5.41) is 0. The number of thioether (sulfide) groups is 1. The second kappa shape index (κ2) is 13.5. The van der Waals surface area contributed by atoms with E-state index < -0.39 is 17.5 Å². The van der Waals surface area contributed by atoms with Crippen LogP contribution in [0.15, 0.2) is 47.4 Å². The molecule has 0 bridgehead atoms. The minimum atomic E-state index is -0.570. The number of amides is 1. The van der Waals surface area contributed by atoms with E-state index in [4.69, 9.17) is 19.9 Å². The molecular weight excluding hydrogens is 496 g/mol. The molecule has 2 heterocycles. The lowest BCUT2D eigenvalue weighted by atomic mass is 10.1. The van der Waals surface area contributed by atoms with Crippen molar-refractivity contribution < 1.29 is 23.8 Å². The number of unbranched alkanes of at least 4 members (excludes halogenated alkanes) is 2. The minimum absolute atomic E-state index is 0.112. The zero-order valence-corrected chi connectivity index (χ0v) is 22.4. The smallest absolute Gasteiger partial charge is 0.410 e. The van der Waals surface area contributed by atoms with Crippen molar-refractivity contribution in [1.82, 2.24) is 14.5 Å². The minimum Gasteiger partial charge on any atom is -0.462 e. The fourth-order valence-electron chi connectivity index (χ4n) is 3.67. The normalized spacial score (nSPS) is 17.4. The molecule has 0 spiro atoms. The number of anilines is 1. The third kappa shape index (κ3) is 9.73. The van der Waals surface area contributed by atoms with Gasteiger partial charge in [0.2, 0.25) is 0 Å². The van der Waals surface area contributed by atoms with Crippen molar-refractivity contribution in [2.24, 2.45) is 0 Å². The number of nitrogen functional groups attached to an aromatic ring is 1. The summed E-state index contributed by atoms with van der Waals surface area (Å²) in [5.41, 5.74) is 5.16. The summed E-state index contributed by atoms with van der Waals surface area (Å²) in [4.78, 5) is 42.3. The molecule has 2 aromatic rings. The third-order valence-corrected chi connectivity index (χ3v) is 6.55. The van der Waals surface area contributed by atoms with Crippen LogP contribution in [0.1, 0.15) is 58.2 Å². The summed E-state index contributed by atoms with van der Waals surface area (Å²) in [6, 6.07) is 11.3. The van der Waals surface area contributed by atoms with Gasteiger partial charge in [-0.25, -0.2) is 9.59 Å². The van der Waals surface area contributed by atoms with Crippen LogP contribution < -0.4 is 11.4 Å². The van der Waals surface area contributed by atoms with Crippen molar-refractivity contribution in [1.29, 1.82) is 0 Å². The van der Waals surface area contributed by atoms with Gasteiger partial charge < -0.3 is 24.8 Å². The molecule has 0 saturated carbocycles. The molecular formula is C26H36N4O6S. The number of rotatable bonds is 11. The Labute approximate surface area is 221 Å². The van der Waals surface area contributed by atoms with Crippen LogP contribution in [0.5, 0.6) is 0 Å². The Balaban J connectivity index is 1.35. The summed E-state index contributed by atoms with van der Waals surface area (Å²) >= 11 is 1.47. The molecule has 202 valence electrons. The highest BCUT2D eigenvalue weighted by atomic mass is 32.2. The SMILES string of the molecule is CC(C)(C)OC(=O)N(CCCCCC(=O)OC[C@@H]1O[C@H](n2ccc(N)nc2=O)CS1)Cc1ccccc1. The van der Waals surface area contributed by atoms with Gasteiger partial charge in [0.15, 0.2) is 0 Å². The van der Waals surface area contributed by atoms with E-state index in [-0.39, 0.29) is 36.3 Å². The van der Waals surface area contributed by atoms with Crippen molar-refractivity contribution in [2.75, 3.05) is 24.6 Å². The molecule has 37 heavy (non-hydrogen) atoms. The Morgan fingerprint density at radius 1 is 1.19 bits per heavy atom. The lowest BCUT2D eigenvalue weighted by molar-refractivity contribution is -0.147. The van der Waals surface area contributed by atoms with E-state index in [9.17, 15) is 14.4 Å². The van der Waals surface area contributed by atoms with Crippen LogP contribution in [-0.4, -0.2) is 56.5 Å². The van der Waals surface area contributed by atoms with Crippen LogP contribution in [0.4, 0.5) is 10.6 Å². The molecule has 2 N–H and O–H groups in total. The monoisotopic (exact) mass is 532 g/mol. The predicted molar refractivity (Wildman–Crippen MR) is 142 cm³/mol. The Morgan fingerprint density at radius 2 is 1.95 bits per heavy atom. The average Bonchev–Trinajstić information content (AvgIpc) is 3.30. The van der Waals surface area contributed by atoms with Gasteiger partial charge in [-0.15, -0.1) is 11.8 Å². The quantitative estimate of drug-likeness (QED) is 0.338. The Hall–Kier alpha value is -3.05. The zero-order chi connectivity index (χ0) is 26.8. The Kier molecular flexibility index (Phi) is 10.4. The average molecular weight is 533 g/mol. The van der Waals surface area contributed by atoms with Crippen molar-refractivity contribution in [3.05, 3.63) is 58.6 Å². The zero-order valence-electron chi connectivity index (χ0n) is 21.6. The molecule has 3 rings (SSSR count). The topological polar surface area (TPSA) is 126 Å². The van der Waals surface area contributed by atoms with Gasteiger partial charge in [0.25, 0.3) is 0 Å². The third-order valence-electron chi connectivity index (χ3n) is 5.45. The van der Waals surface area contributed by atoms with Gasteiger partial charge in [-0.3, -0.25) is 9.36 Å². The van der Waals surface area contributed by atoms with Crippen molar-refractivity contribution in [2.45, 2.75) is 70.3 Å². The van der Waals surface area contributed by atoms with Gasteiger partial charge in [0.05, 0.1) is 0 Å². The first kappa shape index (κ1) is 28.5. The van der Waals surface area contributed by atoms with Crippen molar-refractivity contribution in [3.8, 4) is 0 Å². The van der Waals surface area contributed by atoms with E-state index in [1.165, 1.54) is 22.4 Å². The molecule has 1 amide bonds. The molecule has 1 aromatic heterocycles. The number of esters is 1. The predicted octanol–water partition coefficient (Wildman–Crippen LogP) is 3.95. The number of aromatic nitrogens is 2. The fraction of sp³-hybridized carbons (Fsp3) is 0.538. The number of hydrogen-bond donors (Lipinski definition) is 1. The molecule has 2 atom stereocenters. The highest BCUT2D eigenvalue weighted by molar-refractivity contribution is 8.00. The fourth-order valence-corrected chi connectivity index (χ4v) is 4.66. The summed E-state index contributed by atoms with van der Waals surface area (Å²) in [5.74, 6) is 0.406. The van der Waals surface area contributed by atoms with Crippen molar-refractivity contribution >= 4 is 29.6 Å². The molecule has 1 aromatic carbocycles. The molecule has 1 saturated heterocycles. The van der Waals surface area contributed by atoms with Crippen LogP contribution in [-0.2, 0) is 25.5 Å². The van der Waals surface area contributed by atoms with E-state index in [0.29, 0.717) is 25.3 Å². The number of ether oxygens (including phenoxy) is 3. The largest absolute Gasteiger partial charge is 0.462 e. The van der Waals surface area contributed by atoms with Gasteiger partial charge >= 0.3 is 17.8 Å². The van der Waals surface area contributed by atoms with E-state index in [0.717, 1.165) is 18.4 Å². The van der Waals surface area contributed by atoms with E-state index in [2.05, 4.69) is 4.98 Å². The van der Waals surface area contributed by atoms with Gasteiger partial charge in [-0.1, -0.05) is 36.8 Å². The van der Waals surface area contributed by atoms with Crippen LogP contribution in [0.25, 0.3) is 0 Å². The molecule has 0 unspecified atom stereocenters.